The molecular weight excluding hydrogens is 244 g/mol. The van der Waals surface area contributed by atoms with Crippen molar-refractivity contribution in [2.45, 2.75) is 13.5 Å². The highest BCUT2D eigenvalue weighted by molar-refractivity contribution is 5.86. The number of carbonyl (C=O) groups is 1. The predicted octanol–water partition coefficient (Wildman–Crippen LogP) is 1.24. The van der Waals surface area contributed by atoms with Gasteiger partial charge in [-0.2, -0.15) is 5.26 Å². The molecule has 0 spiro atoms. The fraction of sp³-hybridized carbons (Fsp3) is 0.429. The van der Waals surface area contributed by atoms with Crippen LogP contribution in [0.5, 0.6) is 5.75 Å². The highest BCUT2D eigenvalue weighted by Gasteiger charge is 2.46. The molecule has 0 saturated carbocycles. The maximum absolute atomic E-state index is 11.9. The second-order valence-electron chi connectivity index (χ2n) is 4.45. The molecule has 0 unspecified atom stereocenters. The quantitative estimate of drug-likeness (QED) is 0.864. The van der Waals surface area contributed by atoms with E-state index in [1.54, 1.807) is 0 Å². The molecule has 19 heavy (non-hydrogen) atoms. The molecule has 1 aliphatic rings. The third kappa shape index (κ3) is 2.85. The van der Waals surface area contributed by atoms with E-state index in [0.29, 0.717) is 13.2 Å². The van der Waals surface area contributed by atoms with Crippen molar-refractivity contribution in [2.75, 3.05) is 19.8 Å². The molecule has 1 aliphatic heterocycles. The number of benzene rings is 1. The van der Waals surface area contributed by atoms with Crippen molar-refractivity contribution in [3.05, 3.63) is 29.8 Å². The molecule has 5 nitrogen and oxygen atoms in total. The van der Waals surface area contributed by atoms with Crippen LogP contribution in [0.15, 0.2) is 24.3 Å². The van der Waals surface area contributed by atoms with Crippen LogP contribution in [-0.2, 0) is 16.1 Å². The van der Waals surface area contributed by atoms with Crippen LogP contribution in [0.2, 0.25) is 0 Å². The summed E-state index contributed by atoms with van der Waals surface area (Å²) < 4.78 is 10.3. The number of carbonyl (C=O) groups excluding carboxylic acids is 1. The maximum Gasteiger partial charge on any atom is 0.245 e. The smallest absolute Gasteiger partial charge is 0.245 e. The topological polar surface area (TPSA) is 71.3 Å². The Hall–Kier alpha value is -2.06. The average molecular weight is 260 g/mol. The molecule has 1 heterocycles. The van der Waals surface area contributed by atoms with Gasteiger partial charge >= 0.3 is 0 Å². The maximum atomic E-state index is 11.9. The molecule has 2 rings (SSSR count). The lowest BCUT2D eigenvalue weighted by atomic mass is 9.87. The van der Waals surface area contributed by atoms with Gasteiger partial charge in [-0.3, -0.25) is 4.79 Å². The van der Waals surface area contributed by atoms with E-state index in [1.807, 2.05) is 37.3 Å². The van der Waals surface area contributed by atoms with E-state index in [-0.39, 0.29) is 19.1 Å². The van der Waals surface area contributed by atoms with Crippen LogP contribution >= 0.6 is 0 Å². The lowest BCUT2D eigenvalue weighted by Crippen LogP contribution is -2.52. The van der Waals surface area contributed by atoms with Gasteiger partial charge in [0, 0.05) is 6.54 Å². The summed E-state index contributed by atoms with van der Waals surface area (Å²) in [7, 11) is 0. The summed E-state index contributed by atoms with van der Waals surface area (Å²) in [5.41, 5.74) is -0.0317. The zero-order chi connectivity index (χ0) is 13.7. The van der Waals surface area contributed by atoms with E-state index < -0.39 is 5.41 Å². The number of amides is 1. The Kier molecular flexibility index (Phi) is 4.03. The Balaban J connectivity index is 1.88. The molecule has 1 aromatic carbocycles. The minimum Gasteiger partial charge on any atom is -0.494 e. The lowest BCUT2D eigenvalue weighted by Gasteiger charge is -2.33. The van der Waals surface area contributed by atoms with Gasteiger partial charge in [0.1, 0.15) is 5.75 Å². The van der Waals surface area contributed by atoms with Gasteiger partial charge in [-0.15, -0.1) is 0 Å². The molecule has 0 aromatic heterocycles. The molecule has 1 fully saturated rings. The number of nitriles is 1. The fourth-order valence-corrected chi connectivity index (χ4v) is 1.77. The molecule has 5 heteroatoms. The van der Waals surface area contributed by atoms with Gasteiger partial charge in [-0.1, -0.05) is 12.1 Å². The predicted molar refractivity (Wildman–Crippen MR) is 68.3 cm³/mol. The van der Waals surface area contributed by atoms with Crippen molar-refractivity contribution >= 4 is 5.91 Å². The molecule has 0 bridgehead atoms. The molecule has 1 aromatic rings. The second kappa shape index (κ2) is 5.72. The van der Waals surface area contributed by atoms with Crippen molar-refractivity contribution in [1.82, 2.24) is 5.32 Å². The summed E-state index contributed by atoms with van der Waals surface area (Å²) in [5, 5.41) is 11.8. The Morgan fingerprint density at radius 3 is 2.63 bits per heavy atom. The highest BCUT2D eigenvalue weighted by Crippen LogP contribution is 2.26. The second-order valence-corrected chi connectivity index (χ2v) is 4.45. The van der Waals surface area contributed by atoms with Gasteiger partial charge in [0.25, 0.3) is 0 Å². The van der Waals surface area contributed by atoms with Gasteiger partial charge in [0.05, 0.1) is 25.9 Å². The van der Waals surface area contributed by atoms with Gasteiger partial charge in [-0.05, 0) is 24.6 Å². The van der Waals surface area contributed by atoms with E-state index in [4.69, 9.17) is 14.7 Å². The molecule has 1 saturated heterocycles. The number of nitrogens with one attached hydrogen (secondary N) is 1. The summed E-state index contributed by atoms with van der Waals surface area (Å²) in [4.78, 5) is 11.9. The number of rotatable bonds is 5. The van der Waals surface area contributed by atoms with Crippen LogP contribution in [-0.4, -0.2) is 25.7 Å². The van der Waals surface area contributed by atoms with Crippen LogP contribution in [0.25, 0.3) is 0 Å². The summed E-state index contributed by atoms with van der Waals surface area (Å²) in [6, 6.07) is 9.52. The lowest BCUT2D eigenvalue weighted by molar-refractivity contribution is -0.150. The summed E-state index contributed by atoms with van der Waals surface area (Å²) in [5.74, 6) is 0.536. The number of nitrogens with zero attached hydrogens (tertiary/aromatic N) is 1. The van der Waals surface area contributed by atoms with Crippen LogP contribution in [0.1, 0.15) is 12.5 Å². The van der Waals surface area contributed by atoms with Gasteiger partial charge in [-0.25, -0.2) is 0 Å². The molecular formula is C14H16N2O3. The van der Waals surface area contributed by atoms with E-state index in [9.17, 15) is 4.79 Å². The Morgan fingerprint density at radius 1 is 1.47 bits per heavy atom. The number of ether oxygens (including phenoxy) is 2. The van der Waals surface area contributed by atoms with Crippen molar-refractivity contribution in [1.29, 1.82) is 5.26 Å². The third-order valence-electron chi connectivity index (χ3n) is 3.03. The Labute approximate surface area is 112 Å². The van der Waals surface area contributed by atoms with Crippen LogP contribution < -0.4 is 10.1 Å². The molecule has 1 amide bonds. The Morgan fingerprint density at radius 2 is 2.16 bits per heavy atom. The van der Waals surface area contributed by atoms with Crippen molar-refractivity contribution in [2.24, 2.45) is 5.41 Å². The zero-order valence-corrected chi connectivity index (χ0v) is 10.8. The Bertz CT molecular complexity index is 486. The molecule has 0 radical (unpaired) electrons. The minimum absolute atomic E-state index is 0.179. The fourth-order valence-electron chi connectivity index (χ4n) is 1.77. The molecule has 1 N–H and O–H groups in total. The van der Waals surface area contributed by atoms with Crippen molar-refractivity contribution in [3.63, 3.8) is 0 Å². The molecule has 0 atom stereocenters. The first-order valence-corrected chi connectivity index (χ1v) is 6.19. The average Bonchev–Trinajstić information content (AvgIpc) is 2.38. The largest absolute Gasteiger partial charge is 0.494 e. The van der Waals surface area contributed by atoms with Crippen LogP contribution in [0.4, 0.5) is 0 Å². The van der Waals surface area contributed by atoms with E-state index >= 15 is 0 Å². The van der Waals surface area contributed by atoms with Crippen LogP contribution in [0.3, 0.4) is 0 Å². The van der Waals surface area contributed by atoms with Crippen molar-refractivity contribution in [3.8, 4) is 11.8 Å². The number of hydrogen-bond donors (Lipinski definition) is 1. The van der Waals surface area contributed by atoms with Gasteiger partial charge < -0.3 is 14.8 Å². The standard InChI is InChI=1S/C14H16N2O3/c1-2-19-12-5-3-11(4-6-12)7-16-13(17)14(8-15)9-18-10-14/h3-6H,2,7,9-10H2,1H3,(H,16,17). The minimum atomic E-state index is -0.995. The van der Waals surface area contributed by atoms with Crippen molar-refractivity contribution < 1.29 is 14.3 Å². The van der Waals surface area contributed by atoms with Crippen LogP contribution in [0, 0.1) is 16.7 Å². The summed E-state index contributed by atoms with van der Waals surface area (Å²) in [6.07, 6.45) is 0. The SMILES string of the molecule is CCOc1ccc(CNC(=O)C2(C#N)COC2)cc1. The zero-order valence-electron chi connectivity index (χ0n) is 10.8. The monoisotopic (exact) mass is 260 g/mol. The van der Waals surface area contributed by atoms with E-state index in [2.05, 4.69) is 5.32 Å². The normalized spacial score (nSPS) is 16.0. The molecule has 0 aliphatic carbocycles. The summed E-state index contributed by atoms with van der Waals surface area (Å²) >= 11 is 0. The first kappa shape index (κ1) is 13.4. The van der Waals surface area contributed by atoms with Gasteiger partial charge in [0.2, 0.25) is 5.91 Å². The van der Waals surface area contributed by atoms with E-state index in [1.165, 1.54) is 0 Å². The first-order chi connectivity index (χ1) is 9.20. The molecule has 100 valence electrons. The third-order valence-corrected chi connectivity index (χ3v) is 3.03. The highest BCUT2D eigenvalue weighted by atomic mass is 16.5. The first-order valence-electron chi connectivity index (χ1n) is 6.19. The number of hydrogen-bond acceptors (Lipinski definition) is 4. The summed E-state index contributed by atoms with van der Waals surface area (Å²) in [6.45, 7) is 3.31. The van der Waals surface area contributed by atoms with E-state index in [0.717, 1.165) is 11.3 Å². The van der Waals surface area contributed by atoms with Gasteiger partial charge in [0.15, 0.2) is 5.41 Å².